The fourth-order valence-electron chi connectivity index (χ4n) is 2.84. The van der Waals surface area contributed by atoms with Crippen LogP contribution in [0.3, 0.4) is 0 Å². The van der Waals surface area contributed by atoms with Crippen LogP contribution in [0.1, 0.15) is 25.3 Å². The fraction of sp³-hybridized carbons (Fsp3) is 0.600. The molecule has 92 valence electrons. The Kier molecular flexibility index (Phi) is 2.62. The fourth-order valence-corrected chi connectivity index (χ4v) is 2.84. The lowest BCUT2D eigenvalue weighted by Crippen LogP contribution is -2.35. The predicted octanol–water partition coefficient (Wildman–Crippen LogP) is 2.57. The first-order valence-corrected chi connectivity index (χ1v) is 6.72. The van der Waals surface area contributed by atoms with Crippen LogP contribution in [0.5, 0.6) is 0 Å². The maximum absolute atomic E-state index is 3.67. The molecule has 1 aliphatic heterocycles. The Bertz CT molecular complexity index is 409. The number of hydrogen-bond donors (Lipinski definition) is 1. The van der Waals surface area contributed by atoms with E-state index in [4.69, 9.17) is 0 Å². The third kappa shape index (κ3) is 2.32. The summed E-state index contributed by atoms with van der Waals surface area (Å²) in [5.74, 6) is 0. The lowest BCUT2D eigenvalue weighted by molar-refractivity contribution is 0.479. The maximum Gasteiger partial charge on any atom is 0.0369 e. The van der Waals surface area contributed by atoms with Crippen LogP contribution in [0.2, 0.25) is 0 Å². The quantitative estimate of drug-likeness (QED) is 0.797. The molecular weight excluding hydrogens is 208 g/mol. The summed E-state index contributed by atoms with van der Waals surface area (Å²) < 4.78 is 0. The molecule has 0 radical (unpaired) electrons. The molecule has 1 spiro atoms. The molecule has 1 aliphatic carbocycles. The van der Waals surface area contributed by atoms with Gasteiger partial charge in [-0.1, -0.05) is 12.1 Å². The van der Waals surface area contributed by atoms with E-state index in [-0.39, 0.29) is 0 Å². The Morgan fingerprint density at radius 3 is 2.88 bits per heavy atom. The summed E-state index contributed by atoms with van der Waals surface area (Å²) in [7, 11) is 0. The molecule has 1 saturated heterocycles. The molecule has 1 atom stereocenters. The second kappa shape index (κ2) is 4.02. The first-order chi connectivity index (χ1) is 8.17. The highest BCUT2D eigenvalue weighted by atomic mass is 15.2. The molecule has 3 rings (SSSR count). The molecule has 1 aromatic rings. The van der Waals surface area contributed by atoms with Gasteiger partial charge in [-0.2, -0.15) is 0 Å². The Morgan fingerprint density at radius 2 is 2.18 bits per heavy atom. The van der Waals surface area contributed by atoms with Gasteiger partial charge < -0.3 is 10.2 Å². The molecule has 1 heterocycles. The van der Waals surface area contributed by atoms with E-state index in [1.165, 1.54) is 37.2 Å². The molecule has 0 amide bonds. The summed E-state index contributed by atoms with van der Waals surface area (Å²) in [4.78, 5) is 2.57. The van der Waals surface area contributed by atoms with Crippen molar-refractivity contribution in [1.82, 2.24) is 5.32 Å². The number of nitrogens with zero attached hydrogens (tertiary/aromatic N) is 1. The van der Waals surface area contributed by atoms with Crippen LogP contribution in [-0.4, -0.2) is 25.7 Å². The summed E-state index contributed by atoms with van der Waals surface area (Å²) in [5.41, 5.74) is 3.33. The minimum absolute atomic E-state index is 0.578. The van der Waals surface area contributed by atoms with Gasteiger partial charge in [0, 0.05) is 36.8 Å². The smallest absolute Gasteiger partial charge is 0.0369 e. The van der Waals surface area contributed by atoms with Gasteiger partial charge in [-0.05, 0) is 44.4 Å². The van der Waals surface area contributed by atoms with Crippen molar-refractivity contribution < 1.29 is 0 Å². The first-order valence-electron chi connectivity index (χ1n) is 6.72. The van der Waals surface area contributed by atoms with E-state index >= 15 is 0 Å². The standard InChI is InChI=1S/C15H22N2/c1-12-4-3-5-14(8-12)17-9-13(2)16-10-15(11-17)6-7-15/h3-5,8,13,16H,6-7,9-11H2,1-2H3. The summed E-state index contributed by atoms with van der Waals surface area (Å²) in [6, 6.07) is 9.51. The minimum Gasteiger partial charge on any atom is -0.369 e. The van der Waals surface area contributed by atoms with Crippen molar-refractivity contribution in [3.8, 4) is 0 Å². The lowest BCUT2D eigenvalue weighted by atomic mass is 10.1. The Labute approximate surface area is 104 Å². The van der Waals surface area contributed by atoms with E-state index in [0.29, 0.717) is 11.5 Å². The van der Waals surface area contributed by atoms with Gasteiger partial charge >= 0.3 is 0 Å². The highest BCUT2D eigenvalue weighted by Gasteiger charge is 2.45. The van der Waals surface area contributed by atoms with Crippen LogP contribution < -0.4 is 10.2 Å². The second-order valence-electron chi connectivity index (χ2n) is 6.00. The van der Waals surface area contributed by atoms with Crippen molar-refractivity contribution in [2.45, 2.75) is 32.7 Å². The zero-order valence-corrected chi connectivity index (χ0v) is 10.9. The molecule has 0 aromatic heterocycles. The summed E-state index contributed by atoms with van der Waals surface area (Å²) >= 11 is 0. The van der Waals surface area contributed by atoms with Crippen molar-refractivity contribution in [1.29, 1.82) is 0 Å². The summed E-state index contributed by atoms with van der Waals surface area (Å²) in [6.07, 6.45) is 2.80. The van der Waals surface area contributed by atoms with Crippen LogP contribution in [0, 0.1) is 12.3 Å². The van der Waals surface area contributed by atoms with Crippen molar-refractivity contribution >= 4 is 5.69 Å². The number of hydrogen-bond acceptors (Lipinski definition) is 2. The number of aryl methyl sites for hydroxylation is 1. The largest absolute Gasteiger partial charge is 0.369 e. The van der Waals surface area contributed by atoms with Gasteiger partial charge in [0.15, 0.2) is 0 Å². The first kappa shape index (κ1) is 11.1. The van der Waals surface area contributed by atoms with Gasteiger partial charge in [0.25, 0.3) is 0 Å². The molecule has 1 saturated carbocycles. The van der Waals surface area contributed by atoms with Crippen molar-refractivity contribution in [2.75, 3.05) is 24.5 Å². The average molecular weight is 230 g/mol. The van der Waals surface area contributed by atoms with E-state index in [0.717, 1.165) is 6.54 Å². The van der Waals surface area contributed by atoms with Crippen molar-refractivity contribution in [3.63, 3.8) is 0 Å². The molecular formula is C15H22N2. The van der Waals surface area contributed by atoms with Crippen LogP contribution in [0.15, 0.2) is 24.3 Å². The van der Waals surface area contributed by atoms with Crippen LogP contribution >= 0.6 is 0 Å². The van der Waals surface area contributed by atoms with Gasteiger partial charge in [-0.3, -0.25) is 0 Å². The Morgan fingerprint density at radius 1 is 1.35 bits per heavy atom. The third-order valence-corrected chi connectivity index (χ3v) is 4.17. The molecule has 2 nitrogen and oxygen atoms in total. The molecule has 2 heteroatoms. The molecule has 2 fully saturated rings. The van der Waals surface area contributed by atoms with E-state index in [1.807, 2.05) is 0 Å². The van der Waals surface area contributed by atoms with Gasteiger partial charge in [0.1, 0.15) is 0 Å². The molecule has 1 N–H and O–H groups in total. The molecule has 1 unspecified atom stereocenters. The molecule has 1 aromatic carbocycles. The van der Waals surface area contributed by atoms with Crippen LogP contribution in [0.4, 0.5) is 5.69 Å². The van der Waals surface area contributed by atoms with E-state index in [9.17, 15) is 0 Å². The Hall–Kier alpha value is -1.02. The normalized spacial score (nSPS) is 26.9. The Balaban J connectivity index is 1.85. The van der Waals surface area contributed by atoms with Gasteiger partial charge in [0.05, 0.1) is 0 Å². The van der Waals surface area contributed by atoms with Crippen LogP contribution in [-0.2, 0) is 0 Å². The zero-order chi connectivity index (χ0) is 11.9. The highest BCUT2D eigenvalue weighted by Crippen LogP contribution is 2.47. The van der Waals surface area contributed by atoms with Gasteiger partial charge in [0.2, 0.25) is 0 Å². The van der Waals surface area contributed by atoms with Crippen LogP contribution in [0.25, 0.3) is 0 Å². The van der Waals surface area contributed by atoms with E-state index in [2.05, 4.69) is 48.3 Å². The van der Waals surface area contributed by atoms with Gasteiger partial charge in [-0.15, -0.1) is 0 Å². The number of nitrogens with one attached hydrogen (secondary N) is 1. The predicted molar refractivity (Wildman–Crippen MR) is 72.5 cm³/mol. The minimum atomic E-state index is 0.578. The zero-order valence-electron chi connectivity index (χ0n) is 10.9. The van der Waals surface area contributed by atoms with E-state index in [1.54, 1.807) is 0 Å². The number of benzene rings is 1. The van der Waals surface area contributed by atoms with E-state index < -0.39 is 0 Å². The monoisotopic (exact) mass is 230 g/mol. The van der Waals surface area contributed by atoms with Gasteiger partial charge in [-0.25, -0.2) is 0 Å². The second-order valence-corrected chi connectivity index (χ2v) is 6.00. The average Bonchev–Trinajstić information content (AvgIpc) is 3.08. The molecule has 2 aliphatic rings. The molecule has 17 heavy (non-hydrogen) atoms. The van der Waals surface area contributed by atoms with Crippen molar-refractivity contribution in [2.24, 2.45) is 5.41 Å². The number of rotatable bonds is 1. The summed E-state index contributed by atoms with van der Waals surface area (Å²) in [5, 5.41) is 3.67. The lowest BCUT2D eigenvalue weighted by Gasteiger charge is -2.27. The maximum atomic E-state index is 3.67. The molecule has 0 bridgehead atoms. The highest BCUT2D eigenvalue weighted by molar-refractivity contribution is 5.49. The number of anilines is 1. The third-order valence-electron chi connectivity index (χ3n) is 4.17. The van der Waals surface area contributed by atoms with Crippen molar-refractivity contribution in [3.05, 3.63) is 29.8 Å². The topological polar surface area (TPSA) is 15.3 Å². The SMILES string of the molecule is Cc1cccc(N2CC(C)NCC3(CC3)C2)c1. The summed E-state index contributed by atoms with van der Waals surface area (Å²) in [6.45, 7) is 8.04.